The Hall–Kier alpha value is -3.98. The number of hydrogen-bond acceptors (Lipinski definition) is 3. The number of ether oxygens (including phenoxy) is 2. The Morgan fingerprint density at radius 3 is 1.32 bits per heavy atom. The molecule has 0 radical (unpaired) electrons. The summed E-state index contributed by atoms with van der Waals surface area (Å²) in [4.78, 5) is 2.24. The van der Waals surface area contributed by atoms with Crippen molar-refractivity contribution >= 4 is 29.2 Å². The Kier molecular flexibility index (Phi) is 9.04. The highest BCUT2D eigenvalue weighted by molar-refractivity contribution is 5.78. The van der Waals surface area contributed by atoms with Crippen molar-refractivity contribution in [1.82, 2.24) is 0 Å². The van der Waals surface area contributed by atoms with Gasteiger partial charge in [0.15, 0.2) is 0 Å². The molecule has 0 aliphatic heterocycles. The SMILES string of the molecule is CCOc1ccc(N(c2ccc(C=Cc3ccc(C(C)CC)cc3)cc2)c2ccc(OCC)cc2)cc1. The molecule has 4 aromatic carbocycles. The Bertz CT molecular complexity index is 1210. The molecule has 0 bridgehead atoms. The second kappa shape index (κ2) is 12.8. The van der Waals surface area contributed by atoms with Crippen LogP contribution in [0.25, 0.3) is 12.2 Å². The van der Waals surface area contributed by atoms with E-state index in [9.17, 15) is 0 Å². The van der Waals surface area contributed by atoms with E-state index in [4.69, 9.17) is 9.47 Å². The topological polar surface area (TPSA) is 21.7 Å². The van der Waals surface area contributed by atoms with Crippen LogP contribution in [0.15, 0.2) is 97.1 Å². The summed E-state index contributed by atoms with van der Waals surface area (Å²) in [6.45, 7) is 9.81. The van der Waals surface area contributed by atoms with Gasteiger partial charge in [0.25, 0.3) is 0 Å². The van der Waals surface area contributed by atoms with Crippen molar-refractivity contribution in [3.63, 3.8) is 0 Å². The average Bonchev–Trinajstić information content (AvgIpc) is 2.95. The molecule has 0 fully saturated rings. The van der Waals surface area contributed by atoms with Crippen molar-refractivity contribution in [3.05, 3.63) is 114 Å². The molecule has 0 saturated heterocycles. The van der Waals surface area contributed by atoms with Crippen LogP contribution in [0, 0.1) is 0 Å². The van der Waals surface area contributed by atoms with E-state index < -0.39 is 0 Å². The number of nitrogens with zero attached hydrogens (tertiary/aromatic N) is 1. The van der Waals surface area contributed by atoms with Crippen molar-refractivity contribution in [3.8, 4) is 11.5 Å². The minimum Gasteiger partial charge on any atom is -0.494 e. The van der Waals surface area contributed by atoms with E-state index in [0.29, 0.717) is 19.1 Å². The first-order chi connectivity index (χ1) is 18.1. The predicted octanol–water partition coefficient (Wildman–Crippen LogP) is 9.64. The van der Waals surface area contributed by atoms with Crippen molar-refractivity contribution < 1.29 is 9.47 Å². The van der Waals surface area contributed by atoms with E-state index in [2.05, 4.69) is 104 Å². The summed E-state index contributed by atoms with van der Waals surface area (Å²) in [6, 6.07) is 34.0. The molecule has 0 heterocycles. The molecule has 0 aliphatic rings. The second-order valence-corrected chi connectivity index (χ2v) is 9.09. The predicted molar refractivity (Wildman–Crippen MR) is 158 cm³/mol. The van der Waals surface area contributed by atoms with Crippen LogP contribution in [0.4, 0.5) is 17.1 Å². The van der Waals surface area contributed by atoms with Crippen molar-refractivity contribution in [2.75, 3.05) is 18.1 Å². The molecule has 0 N–H and O–H groups in total. The molecule has 3 nitrogen and oxygen atoms in total. The number of rotatable bonds is 11. The van der Waals surface area contributed by atoms with Crippen molar-refractivity contribution in [1.29, 1.82) is 0 Å². The fourth-order valence-corrected chi connectivity index (χ4v) is 4.26. The fourth-order valence-electron chi connectivity index (χ4n) is 4.26. The third kappa shape index (κ3) is 6.83. The Morgan fingerprint density at radius 2 is 0.946 bits per heavy atom. The lowest BCUT2D eigenvalue weighted by Gasteiger charge is -2.26. The number of anilines is 3. The van der Waals surface area contributed by atoms with Gasteiger partial charge in [-0.2, -0.15) is 0 Å². The average molecular weight is 492 g/mol. The van der Waals surface area contributed by atoms with E-state index in [0.717, 1.165) is 40.5 Å². The maximum Gasteiger partial charge on any atom is 0.119 e. The van der Waals surface area contributed by atoms with Gasteiger partial charge in [0, 0.05) is 17.1 Å². The molecule has 1 unspecified atom stereocenters. The summed E-state index contributed by atoms with van der Waals surface area (Å²) in [7, 11) is 0. The standard InChI is InChI=1S/C34H37NO2/c1-5-26(4)29-14-10-27(11-15-29)8-9-28-12-16-30(17-13-28)35(31-18-22-33(23-19-31)36-6-2)32-20-24-34(25-21-32)37-7-3/h8-26H,5-7H2,1-4H3. The van der Waals surface area contributed by atoms with Gasteiger partial charge in [0.2, 0.25) is 0 Å². The van der Waals surface area contributed by atoms with E-state index in [-0.39, 0.29) is 0 Å². The molecule has 0 spiro atoms. The van der Waals surface area contributed by atoms with E-state index in [1.807, 2.05) is 38.1 Å². The van der Waals surface area contributed by atoms with Crippen LogP contribution in [0.5, 0.6) is 11.5 Å². The highest BCUT2D eigenvalue weighted by atomic mass is 16.5. The fraction of sp³-hybridized carbons (Fsp3) is 0.235. The molecule has 0 saturated carbocycles. The second-order valence-electron chi connectivity index (χ2n) is 9.09. The molecule has 1 atom stereocenters. The smallest absolute Gasteiger partial charge is 0.119 e. The van der Waals surface area contributed by atoms with Crippen LogP contribution in [-0.4, -0.2) is 13.2 Å². The Labute approximate surface area is 222 Å². The lowest BCUT2D eigenvalue weighted by atomic mass is 9.97. The third-order valence-electron chi connectivity index (χ3n) is 6.55. The van der Waals surface area contributed by atoms with Crippen LogP contribution in [-0.2, 0) is 0 Å². The monoisotopic (exact) mass is 491 g/mol. The van der Waals surface area contributed by atoms with E-state index in [1.165, 1.54) is 11.1 Å². The van der Waals surface area contributed by atoms with Gasteiger partial charge in [-0.25, -0.2) is 0 Å². The molecule has 0 aliphatic carbocycles. The maximum absolute atomic E-state index is 5.65. The summed E-state index contributed by atoms with van der Waals surface area (Å²) in [5.74, 6) is 2.34. The molecular formula is C34H37NO2. The molecular weight excluding hydrogens is 454 g/mol. The van der Waals surface area contributed by atoms with Crippen LogP contribution >= 0.6 is 0 Å². The van der Waals surface area contributed by atoms with Gasteiger partial charge in [-0.1, -0.05) is 62.4 Å². The Morgan fingerprint density at radius 1 is 0.568 bits per heavy atom. The first-order valence-corrected chi connectivity index (χ1v) is 13.2. The van der Waals surface area contributed by atoms with Gasteiger partial charge in [-0.3, -0.25) is 0 Å². The third-order valence-corrected chi connectivity index (χ3v) is 6.55. The summed E-state index contributed by atoms with van der Waals surface area (Å²) < 4.78 is 11.3. The molecule has 3 heteroatoms. The van der Waals surface area contributed by atoms with Crippen LogP contribution in [0.2, 0.25) is 0 Å². The molecule has 190 valence electrons. The molecule has 4 rings (SSSR count). The minimum atomic E-state index is 0.597. The summed E-state index contributed by atoms with van der Waals surface area (Å²) in [5.41, 5.74) is 6.99. The highest BCUT2D eigenvalue weighted by Gasteiger charge is 2.13. The zero-order valence-electron chi connectivity index (χ0n) is 22.4. The maximum atomic E-state index is 5.65. The van der Waals surface area contributed by atoms with Gasteiger partial charge >= 0.3 is 0 Å². The Balaban J connectivity index is 1.58. The van der Waals surface area contributed by atoms with Crippen molar-refractivity contribution in [2.45, 2.75) is 40.0 Å². The lowest BCUT2D eigenvalue weighted by Crippen LogP contribution is -2.10. The summed E-state index contributed by atoms with van der Waals surface area (Å²) in [6.07, 6.45) is 5.50. The van der Waals surface area contributed by atoms with Crippen molar-refractivity contribution in [2.24, 2.45) is 0 Å². The van der Waals surface area contributed by atoms with Gasteiger partial charge in [0.1, 0.15) is 11.5 Å². The van der Waals surface area contributed by atoms with Crippen LogP contribution in [0.1, 0.15) is 56.7 Å². The number of hydrogen-bond donors (Lipinski definition) is 0. The quantitative estimate of drug-likeness (QED) is 0.195. The lowest BCUT2D eigenvalue weighted by molar-refractivity contribution is 0.340. The first kappa shape index (κ1) is 26.1. The largest absolute Gasteiger partial charge is 0.494 e. The van der Waals surface area contributed by atoms with Gasteiger partial charge in [-0.05, 0) is 104 Å². The van der Waals surface area contributed by atoms with Gasteiger partial charge in [0.05, 0.1) is 13.2 Å². The summed E-state index contributed by atoms with van der Waals surface area (Å²) >= 11 is 0. The number of benzene rings is 4. The zero-order chi connectivity index (χ0) is 26.0. The van der Waals surface area contributed by atoms with Crippen LogP contribution < -0.4 is 14.4 Å². The molecule has 37 heavy (non-hydrogen) atoms. The normalized spacial score (nSPS) is 11.9. The molecule has 0 aromatic heterocycles. The first-order valence-electron chi connectivity index (χ1n) is 13.2. The highest BCUT2D eigenvalue weighted by Crippen LogP contribution is 2.36. The van der Waals surface area contributed by atoms with Crippen LogP contribution in [0.3, 0.4) is 0 Å². The molecule has 4 aromatic rings. The minimum absolute atomic E-state index is 0.597. The summed E-state index contributed by atoms with van der Waals surface area (Å²) in [5, 5.41) is 0. The van der Waals surface area contributed by atoms with E-state index in [1.54, 1.807) is 0 Å². The van der Waals surface area contributed by atoms with Gasteiger partial charge < -0.3 is 14.4 Å². The van der Waals surface area contributed by atoms with Gasteiger partial charge in [-0.15, -0.1) is 0 Å². The van der Waals surface area contributed by atoms with E-state index >= 15 is 0 Å². The zero-order valence-corrected chi connectivity index (χ0v) is 22.4. The molecule has 0 amide bonds.